The van der Waals surface area contributed by atoms with Crippen molar-refractivity contribution in [2.24, 2.45) is 5.10 Å². The minimum absolute atomic E-state index is 0.696. The van der Waals surface area contributed by atoms with Crippen molar-refractivity contribution in [1.29, 1.82) is 0 Å². The zero-order valence-electron chi connectivity index (χ0n) is 13.2. The molecule has 0 atom stereocenters. The summed E-state index contributed by atoms with van der Waals surface area (Å²) in [7, 11) is 0. The number of benzene rings is 2. The lowest BCUT2D eigenvalue weighted by Crippen LogP contribution is -1.95. The van der Waals surface area contributed by atoms with E-state index in [2.05, 4.69) is 27.6 Å². The summed E-state index contributed by atoms with van der Waals surface area (Å²) < 4.78 is 0. The van der Waals surface area contributed by atoms with Gasteiger partial charge in [-0.2, -0.15) is 5.10 Å². The van der Waals surface area contributed by atoms with Crippen LogP contribution in [0.1, 0.15) is 4.88 Å². The summed E-state index contributed by atoms with van der Waals surface area (Å²) in [4.78, 5) is 5.73. The molecule has 0 amide bonds. The van der Waals surface area contributed by atoms with E-state index in [-0.39, 0.29) is 0 Å². The van der Waals surface area contributed by atoms with Crippen molar-refractivity contribution in [3.8, 4) is 11.1 Å². The van der Waals surface area contributed by atoms with Crippen LogP contribution in [0, 0.1) is 0 Å². The van der Waals surface area contributed by atoms with Crippen LogP contribution in [0.4, 0.5) is 5.82 Å². The van der Waals surface area contributed by atoms with Crippen LogP contribution in [-0.4, -0.2) is 11.2 Å². The smallest absolute Gasteiger partial charge is 0.147 e. The third-order valence-corrected chi connectivity index (χ3v) is 4.81. The number of nitrogens with zero attached hydrogens (tertiary/aromatic N) is 2. The molecule has 5 heteroatoms. The number of anilines is 1. The van der Waals surface area contributed by atoms with Gasteiger partial charge >= 0.3 is 0 Å². The Labute approximate surface area is 154 Å². The SMILES string of the molecule is Clc1ccc2nc(NN=Cc3cccs3)cc(-c3ccccc3)c2c1. The second kappa shape index (κ2) is 7.05. The van der Waals surface area contributed by atoms with Crippen molar-refractivity contribution in [2.75, 3.05) is 5.43 Å². The van der Waals surface area contributed by atoms with E-state index < -0.39 is 0 Å². The molecule has 2 heterocycles. The van der Waals surface area contributed by atoms with Crippen molar-refractivity contribution in [1.82, 2.24) is 4.98 Å². The maximum absolute atomic E-state index is 6.19. The fourth-order valence-electron chi connectivity index (χ4n) is 2.64. The minimum atomic E-state index is 0.696. The number of hydrogen-bond donors (Lipinski definition) is 1. The number of hydrogen-bond acceptors (Lipinski definition) is 4. The highest BCUT2D eigenvalue weighted by Gasteiger charge is 2.08. The van der Waals surface area contributed by atoms with Crippen molar-refractivity contribution < 1.29 is 0 Å². The summed E-state index contributed by atoms with van der Waals surface area (Å²) >= 11 is 7.83. The molecule has 1 N–H and O–H groups in total. The van der Waals surface area contributed by atoms with Gasteiger partial charge in [-0.15, -0.1) is 11.3 Å². The van der Waals surface area contributed by atoms with Crippen LogP contribution in [0.2, 0.25) is 5.02 Å². The first-order valence-corrected chi connectivity index (χ1v) is 9.04. The van der Waals surface area contributed by atoms with Crippen molar-refractivity contribution in [3.05, 3.63) is 82.0 Å². The Bertz CT molecular complexity index is 1030. The van der Waals surface area contributed by atoms with Crippen LogP contribution < -0.4 is 5.43 Å². The van der Waals surface area contributed by atoms with E-state index in [9.17, 15) is 0 Å². The van der Waals surface area contributed by atoms with Gasteiger partial charge < -0.3 is 0 Å². The molecular weight excluding hydrogens is 350 g/mol. The van der Waals surface area contributed by atoms with Gasteiger partial charge in [-0.05, 0) is 46.8 Å². The number of rotatable bonds is 4. The highest BCUT2D eigenvalue weighted by Crippen LogP contribution is 2.31. The summed E-state index contributed by atoms with van der Waals surface area (Å²) in [5.74, 6) is 0.696. The molecule has 0 bridgehead atoms. The molecule has 0 radical (unpaired) electrons. The Balaban J connectivity index is 1.77. The first kappa shape index (κ1) is 15.8. The lowest BCUT2D eigenvalue weighted by Gasteiger charge is -2.10. The van der Waals surface area contributed by atoms with Crippen LogP contribution in [0.25, 0.3) is 22.0 Å². The van der Waals surface area contributed by atoms with E-state index in [1.807, 2.05) is 60.0 Å². The molecular formula is C20H14ClN3S. The predicted octanol–water partition coefficient (Wildman–Crippen LogP) is 6.06. The van der Waals surface area contributed by atoms with Gasteiger partial charge in [0.15, 0.2) is 0 Å². The predicted molar refractivity (Wildman–Crippen MR) is 108 cm³/mol. The fourth-order valence-corrected chi connectivity index (χ4v) is 3.40. The zero-order valence-corrected chi connectivity index (χ0v) is 14.8. The molecule has 0 saturated carbocycles. The second-order valence-electron chi connectivity index (χ2n) is 5.47. The van der Waals surface area contributed by atoms with Gasteiger partial charge in [0.1, 0.15) is 5.82 Å². The summed E-state index contributed by atoms with van der Waals surface area (Å²) in [5, 5.41) is 8.03. The molecule has 0 fully saturated rings. The maximum Gasteiger partial charge on any atom is 0.147 e. The van der Waals surface area contributed by atoms with E-state index >= 15 is 0 Å². The highest BCUT2D eigenvalue weighted by molar-refractivity contribution is 7.11. The molecule has 3 nitrogen and oxygen atoms in total. The second-order valence-corrected chi connectivity index (χ2v) is 6.88. The highest BCUT2D eigenvalue weighted by atomic mass is 35.5. The van der Waals surface area contributed by atoms with Gasteiger partial charge in [0.2, 0.25) is 0 Å². The third kappa shape index (κ3) is 3.55. The molecule has 0 aliphatic rings. The number of hydrazone groups is 1. The van der Waals surface area contributed by atoms with Crippen LogP contribution in [0.15, 0.2) is 77.2 Å². The topological polar surface area (TPSA) is 37.3 Å². The van der Waals surface area contributed by atoms with Crippen molar-refractivity contribution >= 4 is 45.9 Å². The van der Waals surface area contributed by atoms with Crippen LogP contribution in [0.3, 0.4) is 0 Å². The Hall–Kier alpha value is -2.69. The molecule has 4 aromatic rings. The molecule has 0 spiro atoms. The lowest BCUT2D eigenvalue weighted by atomic mass is 10.0. The number of halogens is 1. The molecule has 2 aromatic carbocycles. The van der Waals surface area contributed by atoms with Gasteiger partial charge in [0.25, 0.3) is 0 Å². The van der Waals surface area contributed by atoms with Gasteiger partial charge in [-0.3, -0.25) is 5.43 Å². The molecule has 2 aromatic heterocycles. The van der Waals surface area contributed by atoms with Gasteiger partial charge in [-0.1, -0.05) is 48.0 Å². The molecule has 122 valence electrons. The average molecular weight is 364 g/mol. The van der Waals surface area contributed by atoms with E-state index in [1.54, 1.807) is 17.6 Å². The number of nitrogens with one attached hydrogen (secondary N) is 1. The molecule has 0 aliphatic heterocycles. The first-order valence-electron chi connectivity index (χ1n) is 7.78. The fraction of sp³-hybridized carbons (Fsp3) is 0. The van der Waals surface area contributed by atoms with Gasteiger partial charge in [0.05, 0.1) is 11.7 Å². The molecule has 0 saturated heterocycles. The third-order valence-electron chi connectivity index (χ3n) is 3.77. The van der Waals surface area contributed by atoms with E-state index in [0.29, 0.717) is 10.8 Å². The standard InChI is InChI=1S/C20H14ClN3S/c21-15-8-9-19-18(11-15)17(14-5-2-1-3-6-14)12-20(23-19)24-22-13-16-7-4-10-25-16/h1-13H,(H,23,24). The average Bonchev–Trinajstić information content (AvgIpc) is 3.15. The van der Waals surface area contributed by atoms with Gasteiger partial charge in [-0.25, -0.2) is 4.98 Å². The number of pyridine rings is 1. The van der Waals surface area contributed by atoms with Crippen LogP contribution in [0.5, 0.6) is 0 Å². The minimum Gasteiger partial charge on any atom is -0.261 e. The Kier molecular flexibility index (Phi) is 4.46. The first-order chi connectivity index (χ1) is 12.3. The van der Waals surface area contributed by atoms with Crippen LogP contribution >= 0.6 is 22.9 Å². The van der Waals surface area contributed by atoms with E-state index in [1.165, 1.54) is 0 Å². The summed E-state index contributed by atoms with van der Waals surface area (Å²) in [6.45, 7) is 0. The largest absolute Gasteiger partial charge is 0.261 e. The van der Waals surface area contributed by atoms with E-state index in [4.69, 9.17) is 11.6 Å². The summed E-state index contributed by atoms with van der Waals surface area (Å²) in [5.41, 5.74) is 6.09. The number of aromatic nitrogens is 1. The quantitative estimate of drug-likeness (QED) is 0.353. The Morgan fingerprint density at radius 3 is 2.68 bits per heavy atom. The zero-order chi connectivity index (χ0) is 17.1. The van der Waals surface area contributed by atoms with Gasteiger partial charge in [0, 0.05) is 15.3 Å². The van der Waals surface area contributed by atoms with Crippen LogP contribution in [-0.2, 0) is 0 Å². The van der Waals surface area contributed by atoms with Crippen molar-refractivity contribution in [3.63, 3.8) is 0 Å². The summed E-state index contributed by atoms with van der Waals surface area (Å²) in [6, 6.07) is 21.9. The normalized spacial score (nSPS) is 11.2. The number of fused-ring (bicyclic) bond motifs is 1. The monoisotopic (exact) mass is 363 g/mol. The lowest BCUT2D eigenvalue weighted by molar-refractivity contribution is 1.27. The summed E-state index contributed by atoms with van der Waals surface area (Å²) in [6.07, 6.45) is 1.79. The Morgan fingerprint density at radius 1 is 1.00 bits per heavy atom. The Morgan fingerprint density at radius 2 is 1.88 bits per heavy atom. The maximum atomic E-state index is 6.19. The molecule has 0 unspecified atom stereocenters. The molecule has 25 heavy (non-hydrogen) atoms. The van der Waals surface area contributed by atoms with E-state index in [0.717, 1.165) is 26.9 Å². The van der Waals surface area contributed by atoms with Crippen molar-refractivity contribution in [2.45, 2.75) is 0 Å². The number of thiophene rings is 1. The molecule has 4 rings (SSSR count). The molecule has 0 aliphatic carbocycles.